The summed E-state index contributed by atoms with van der Waals surface area (Å²) in [5.74, 6) is 1.19. The van der Waals surface area contributed by atoms with Gasteiger partial charge in [0.1, 0.15) is 0 Å². The first-order valence-corrected chi connectivity index (χ1v) is 10.2. The minimum atomic E-state index is 0.596. The predicted octanol–water partition coefficient (Wildman–Crippen LogP) is 8.18. The Morgan fingerprint density at radius 3 is 1.30 bits per heavy atom. The van der Waals surface area contributed by atoms with E-state index in [1.165, 1.54) is 41.0 Å². The molecule has 0 aromatic heterocycles. The van der Waals surface area contributed by atoms with Crippen molar-refractivity contribution < 1.29 is 0 Å². The molecule has 2 atom stereocenters. The predicted molar refractivity (Wildman–Crippen MR) is 119 cm³/mol. The molecule has 140 valence electrons. The molecule has 0 fully saturated rings. The lowest BCUT2D eigenvalue weighted by Crippen LogP contribution is -2.10. The van der Waals surface area contributed by atoms with E-state index in [1.54, 1.807) is 0 Å². The van der Waals surface area contributed by atoms with Crippen LogP contribution in [0, 0.1) is 0 Å². The third-order valence-corrected chi connectivity index (χ3v) is 5.68. The summed E-state index contributed by atoms with van der Waals surface area (Å²) in [5.41, 5.74) is 6.39. The first-order chi connectivity index (χ1) is 13.1. The Hall–Kier alpha value is -2.54. The van der Waals surface area contributed by atoms with Crippen LogP contribution in [0.2, 0.25) is 0 Å². The molecule has 0 aliphatic heterocycles. The van der Waals surface area contributed by atoms with Gasteiger partial charge in [0.15, 0.2) is 0 Å². The van der Waals surface area contributed by atoms with Gasteiger partial charge in [-0.1, -0.05) is 70.2 Å². The number of hydrogen-bond acceptors (Lipinski definition) is 1. The second-order valence-electron chi connectivity index (χ2n) is 7.47. The maximum atomic E-state index is 2.33. The summed E-state index contributed by atoms with van der Waals surface area (Å²) >= 11 is 0. The van der Waals surface area contributed by atoms with E-state index < -0.39 is 0 Å². The number of rotatable bonds is 7. The van der Waals surface area contributed by atoms with Gasteiger partial charge in [0.05, 0.1) is 0 Å². The summed E-state index contributed by atoms with van der Waals surface area (Å²) in [7, 11) is 0. The van der Waals surface area contributed by atoms with Crippen molar-refractivity contribution >= 4 is 17.1 Å². The Morgan fingerprint density at radius 1 is 0.556 bits per heavy atom. The SMILES string of the molecule is CCC(C)c1ccc(N(c2ccccc2)c2ccc(C(C)CC)cc2)cc1. The van der Waals surface area contributed by atoms with E-state index in [0.717, 1.165) is 0 Å². The third-order valence-electron chi connectivity index (χ3n) is 5.68. The summed E-state index contributed by atoms with van der Waals surface area (Å²) in [4.78, 5) is 2.33. The van der Waals surface area contributed by atoms with Crippen molar-refractivity contribution in [2.75, 3.05) is 4.90 Å². The topological polar surface area (TPSA) is 3.24 Å². The van der Waals surface area contributed by atoms with Gasteiger partial charge in [-0.05, 0) is 72.2 Å². The Labute approximate surface area is 164 Å². The maximum absolute atomic E-state index is 2.33. The molecule has 1 nitrogen and oxygen atoms in total. The average Bonchev–Trinajstić information content (AvgIpc) is 2.74. The van der Waals surface area contributed by atoms with Crippen molar-refractivity contribution in [3.05, 3.63) is 90.0 Å². The minimum absolute atomic E-state index is 0.596. The molecule has 2 unspecified atom stereocenters. The highest BCUT2D eigenvalue weighted by Gasteiger charge is 2.13. The standard InChI is InChI=1S/C26H31N/c1-5-20(3)22-12-16-25(17-13-22)27(24-10-8-7-9-11-24)26-18-14-23(15-19-26)21(4)6-2/h7-21H,5-6H2,1-4H3. The van der Waals surface area contributed by atoms with E-state index in [-0.39, 0.29) is 0 Å². The van der Waals surface area contributed by atoms with E-state index in [0.29, 0.717) is 11.8 Å². The molecule has 0 saturated heterocycles. The molecule has 0 amide bonds. The average molecular weight is 358 g/mol. The van der Waals surface area contributed by atoms with Crippen molar-refractivity contribution in [2.45, 2.75) is 52.4 Å². The van der Waals surface area contributed by atoms with Crippen LogP contribution in [0.5, 0.6) is 0 Å². The van der Waals surface area contributed by atoms with Crippen LogP contribution in [0.1, 0.15) is 63.5 Å². The maximum Gasteiger partial charge on any atom is 0.0461 e. The molecule has 1 heteroatoms. The molecular weight excluding hydrogens is 326 g/mol. The lowest BCUT2D eigenvalue weighted by atomic mass is 9.97. The van der Waals surface area contributed by atoms with Crippen LogP contribution in [-0.2, 0) is 0 Å². The van der Waals surface area contributed by atoms with E-state index in [2.05, 4.69) is 111 Å². The van der Waals surface area contributed by atoms with Crippen LogP contribution < -0.4 is 4.90 Å². The highest BCUT2D eigenvalue weighted by Crippen LogP contribution is 2.36. The van der Waals surface area contributed by atoms with Crippen molar-refractivity contribution in [1.82, 2.24) is 0 Å². The van der Waals surface area contributed by atoms with Gasteiger partial charge in [-0.25, -0.2) is 0 Å². The Kier molecular flexibility index (Phi) is 6.34. The highest BCUT2D eigenvalue weighted by molar-refractivity contribution is 5.76. The summed E-state index contributed by atoms with van der Waals surface area (Å²) in [6.07, 6.45) is 2.33. The number of hydrogen-bond donors (Lipinski definition) is 0. The van der Waals surface area contributed by atoms with Gasteiger partial charge in [0.2, 0.25) is 0 Å². The molecule has 0 aliphatic carbocycles. The molecule has 0 saturated carbocycles. The number of anilines is 3. The third kappa shape index (κ3) is 4.42. The summed E-state index contributed by atoms with van der Waals surface area (Å²) in [6.45, 7) is 9.07. The van der Waals surface area contributed by atoms with E-state index in [9.17, 15) is 0 Å². The molecule has 27 heavy (non-hydrogen) atoms. The van der Waals surface area contributed by atoms with Crippen molar-refractivity contribution in [1.29, 1.82) is 0 Å². The molecule has 3 rings (SSSR count). The first kappa shape index (κ1) is 19.2. The Morgan fingerprint density at radius 2 is 0.926 bits per heavy atom. The molecule has 0 spiro atoms. The van der Waals surface area contributed by atoms with E-state index in [4.69, 9.17) is 0 Å². The minimum Gasteiger partial charge on any atom is -0.311 e. The van der Waals surface area contributed by atoms with Crippen molar-refractivity contribution in [2.24, 2.45) is 0 Å². The van der Waals surface area contributed by atoms with E-state index in [1.807, 2.05) is 0 Å². The number of nitrogens with zero attached hydrogens (tertiary/aromatic N) is 1. The second kappa shape index (κ2) is 8.90. The van der Waals surface area contributed by atoms with Crippen molar-refractivity contribution in [3.63, 3.8) is 0 Å². The second-order valence-corrected chi connectivity index (χ2v) is 7.47. The summed E-state index contributed by atoms with van der Waals surface area (Å²) in [5, 5.41) is 0. The molecule has 0 radical (unpaired) electrons. The van der Waals surface area contributed by atoms with Crippen LogP contribution in [0.15, 0.2) is 78.9 Å². The van der Waals surface area contributed by atoms with E-state index >= 15 is 0 Å². The van der Waals surface area contributed by atoms with Gasteiger partial charge in [-0.15, -0.1) is 0 Å². The fourth-order valence-electron chi connectivity index (χ4n) is 3.40. The van der Waals surface area contributed by atoms with Gasteiger partial charge in [0, 0.05) is 17.1 Å². The lowest BCUT2D eigenvalue weighted by Gasteiger charge is -2.26. The molecule has 0 aliphatic rings. The first-order valence-electron chi connectivity index (χ1n) is 10.2. The molecule has 3 aromatic carbocycles. The zero-order valence-corrected chi connectivity index (χ0v) is 17.0. The van der Waals surface area contributed by atoms with Crippen molar-refractivity contribution in [3.8, 4) is 0 Å². The molecular formula is C26H31N. The van der Waals surface area contributed by atoms with Gasteiger partial charge >= 0.3 is 0 Å². The summed E-state index contributed by atoms with van der Waals surface area (Å²) in [6, 6.07) is 28.7. The fourth-order valence-corrected chi connectivity index (χ4v) is 3.40. The number of benzene rings is 3. The zero-order valence-electron chi connectivity index (χ0n) is 17.0. The smallest absolute Gasteiger partial charge is 0.0461 e. The van der Waals surface area contributed by atoms with Crippen LogP contribution in [0.3, 0.4) is 0 Å². The van der Waals surface area contributed by atoms with Crippen LogP contribution >= 0.6 is 0 Å². The number of para-hydroxylation sites is 1. The van der Waals surface area contributed by atoms with Gasteiger partial charge in [-0.2, -0.15) is 0 Å². The molecule has 3 aromatic rings. The summed E-state index contributed by atoms with van der Waals surface area (Å²) < 4.78 is 0. The fraction of sp³-hybridized carbons (Fsp3) is 0.308. The Balaban J connectivity index is 1.99. The normalized spacial score (nSPS) is 13.2. The molecule has 0 N–H and O–H groups in total. The van der Waals surface area contributed by atoms with Gasteiger partial charge < -0.3 is 4.90 Å². The molecule has 0 bridgehead atoms. The monoisotopic (exact) mass is 357 g/mol. The van der Waals surface area contributed by atoms with Gasteiger partial charge in [-0.3, -0.25) is 0 Å². The largest absolute Gasteiger partial charge is 0.311 e. The lowest BCUT2D eigenvalue weighted by molar-refractivity contribution is 0.733. The highest BCUT2D eigenvalue weighted by atomic mass is 15.1. The quantitative estimate of drug-likeness (QED) is 0.412. The van der Waals surface area contributed by atoms with Crippen LogP contribution in [0.4, 0.5) is 17.1 Å². The molecule has 0 heterocycles. The van der Waals surface area contributed by atoms with Crippen LogP contribution in [0.25, 0.3) is 0 Å². The Bertz CT molecular complexity index is 765. The zero-order chi connectivity index (χ0) is 19.2. The van der Waals surface area contributed by atoms with Crippen LogP contribution in [-0.4, -0.2) is 0 Å². The van der Waals surface area contributed by atoms with Gasteiger partial charge in [0.25, 0.3) is 0 Å².